The van der Waals surface area contributed by atoms with Crippen LogP contribution in [0.5, 0.6) is 0 Å². The zero-order valence-electron chi connectivity index (χ0n) is 9.35. The number of benzene rings is 2. The monoisotopic (exact) mass is 342 g/mol. The Balaban J connectivity index is 2.37. The molecule has 0 saturated heterocycles. The molecule has 96 valence electrons. The van der Waals surface area contributed by atoms with Gasteiger partial charge in [0, 0.05) is 6.07 Å². The molecular formula is C13H6BrClF2N2. The third kappa shape index (κ3) is 3.03. The molecule has 0 aromatic heterocycles. The Morgan fingerprint density at radius 2 is 1.84 bits per heavy atom. The van der Waals surface area contributed by atoms with Gasteiger partial charge in [-0.1, -0.05) is 11.6 Å². The first-order valence-corrected chi connectivity index (χ1v) is 6.29. The molecule has 2 aromatic rings. The Hall–Kier alpha value is -1.64. The molecule has 0 aliphatic heterocycles. The summed E-state index contributed by atoms with van der Waals surface area (Å²) in [5, 5.41) is 11.6. The molecule has 0 atom stereocenters. The second kappa shape index (κ2) is 5.55. The smallest absolute Gasteiger partial charge is 0.147 e. The summed E-state index contributed by atoms with van der Waals surface area (Å²) in [6.45, 7) is 0. The highest BCUT2D eigenvalue weighted by Gasteiger charge is 2.10. The van der Waals surface area contributed by atoms with Gasteiger partial charge in [0.05, 0.1) is 32.5 Å². The molecule has 0 heterocycles. The number of nitrogens with one attached hydrogen (secondary N) is 1. The van der Waals surface area contributed by atoms with E-state index in [0.717, 1.165) is 12.1 Å². The first-order chi connectivity index (χ1) is 9.01. The largest absolute Gasteiger partial charge is 0.352 e. The Bertz CT molecular complexity index is 683. The SMILES string of the molecule is N#Cc1ccc(Nc2cc(F)c(Br)cc2F)c(Cl)c1. The summed E-state index contributed by atoms with van der Waals surface area (Å²) in [4.78, 5) is 0. The highest BCUT2D eigenvalue weighted by Crippen LogP contribution is 2.30. The summed E-state index contributed by atoms with van der Waals surface area (Å²) in [5.41, 5.74) is 0.742. The predicted octanol–water partition coefficient (Wildman–Crippen LogP) is 5.00. The summed E-state index contributed by atoms with van der Waals surface area (Å²) in [6, 6.07) is 8.48. The quantitative estimate of drug-likeness (QED) is 0.779. The van der Waals surface area contributed by atoms with Gasteiger partial charge in [0.15, 0.2) is 0 Å². The average molecular weight is 344 g/mol. The Labute approximate surface area is 121 Å². The highest BCUT2D eigenvalue weighted by molar-refractivity contribution is 9.10. The average Bonchev–Trinajstić information content (AvgIpc) is 2.38. The fourth-order valence-electron chi connectivity index (χ4n) is 1.45. The van der Waals surface area contributed by atoms with E-state index in [1.165, 1.54) is 18.2 Å². The zero-order chi connectivity index (χ0) is 14.0. The van der Waals surface area contributed by atoms with E-state index in [9.17, 15) is 8.78 Å². The van der Waals surface area contributed by atoms with Crippen LogP contribution in [0.3, 0.4) is 0 Å². The molecule has 2 rings (SSSR count). The molecule has 2 nitrogen and oxygen atoms in total. The lowest BCUT2D eigenvalue weighted by Gasteiger charge is -2.10. The molecule has 0 aliphatic rings. The Kier molecular flexibility index (Phi) is 4.03. The van der Waals surface area contributed by atoms with Gasteiger partial charge in [-0.15, -0.1) is 0 Å². The van der Waals surface area contributed by atoms with Crippen LogP contribution in [0.25, 0.3) is 0 Å². The van der Waals surface area contributed by atoms with Crippen LogP contribution in [-0.4, -0.2) is 0 Å². The van der Waals surface area contributed by atoms with Crippen molar-refractivity contribution < 1.29 is 8.78 Å². The van der Waals surface area contributed by atoms with Gasteiger partial charge in [-0.3, -0.25) is 0 Å². The van der Waals surface area contributed by atoms with Gasteiger partial charge in [-0.05, 0) is 40.2 Å². The second-order valence-electron chi connectivity index (χ2n) is 3.68. The maximum absolute atomic E-state index is 13.6. The van der Waals surface area contributed by atoms with Crippen molar-refractivity contribution in [1.82, 2.24) is 0 Å². The number of nitriles is 1. The number of hydrogen-bond donors (Lipinski definition) is 1. The van der Waals surface area contributed by atoms with E-state index in [1.54, 1.807) is 0 Å². The minimum Gasteiger partial charge on any atom is -0.352 e. The van der Waals surface area contributed by atoms with Gasteiger partial charge in [-0.2, -0.15) is 5.26 Å². The first-order valence-electron chi connectivity index (χ1n) is 5.12. The standard InChI is InChI=1S/C13H6BrClF2N2/c14-8-4-11(17)13(5-10(8)16)19-12-2-1-7(6-18)3-9(12)15/h1-5,19H. The van der Waals surface area contributed by atoms with Crippen molar-refractivity contribution in [2.24, 2.45) is 0 Å². The fraction of sp³-hybridized carbons (Fsp3) is 0. The first kappa shape index (κ1) is 13.8. The number of rotatable bonds is 2. The van der Waals surface area contributed by atoms with Gasteiger partial charge in [0.25, 0.3) is 0 Å². The van der Waals surface area contributed by atoms with Crippen LogP contribution in [0.4, 0.5) is 20.2 Å². The Morgan fingerprint density at radius 1 is 1.11 bits per heavy atom. The maximum atomic E-state index is 13.6. The second-order valence-corrected chi connectivity index (χ2v) is 4.94. The van der Waals surface area contributed by atoms with Crippen LogP contribution in [-0.2, 0) is 0 Å². The van der Waals surface area contributed by atoms with Crippen LogP contribution in [0.15, 0.2) is 34.8 Å². The molecule has 0 saturated carbocycles. The number of anilines is 2. The van der Waals surface area contributed by atoms with Gasteiger partial charge in [0.2, 0.25) is 0 Å². The summed E-state index contributed by atoms with van der Waals surface area (Å²) in [6.07, 6.45) is 0. The maximum Gasteiger partial charge on any atom is 0.147 e. The third-order valence-electron chi connectivity index (χ3n) is 2.38. The topological polar surface area (TPSA) is 35.8 Å². The minimum atomic E-state index is -0.617. The zero-order valence-corrected chi connectivity index (χ0v) is 11.7. The van der Waals surface area contributed by atoms with Gasteiger partial charge in [-0.25, -0.2) is 8.78 Å². The number of hydrogen-bond acceptors (Lipinski definition) is 2. The molecule has 0 bridgehead atoms. The lowest BCUT2D eigenvalue weighted by molar-refractivity contribution is 0.598. The van der Waals surface area contributed by atoms with E-state index in [-0.39, 0.29) is 15.2 Å². The molecule has 0 unspecified atom stereocenters. The number of nitrogens with zero attached hydrogens (tertiary/aromatic N) is 1. The van der Waals surface area contributed by atoms with Crippen LogP contribution >= 0.6 is 27.5 Å². The third-order valence-corrected chi connectivity index (χ3v) is 3.30. The molecule has 0 spiro atoms. The van der Waals surface area contributed by atoms with Crippen molar-refractivity contribution >= 4 is 38.9 Å². The molecule has 0 radical (unpaired) electrons. The summed E-state index contributed by atoms with van der Waals surface area (Å²) < 4.78 is 27.0. The highest BCUT2D eigenvalue weighted by atomic mass is 79.9. The van der Waals surface area contributed by atoms with E-state index in [1.807, 2.05) is 6.07 Å². The van der Waals surface area contributed by atoms with Gasteiger partial charge in [0.1, 0.15) is 11.6 Å². The van der Waals surface area contributed by atoms with Gasteiger partial charge >= 0.3 is 0 Å². The van der Waals surface area contributed by atoms with Crippen molar-refractivity contribution in [3.05, 3.63) is 57.0 Å². The number of halogens is 4. The van der Waals surface area contributed by atoms with Crippen molar-refractivity contribution in [3.8, 4) is 6.07 Å². The molecule has 0 fully saturated rings. The van der Waals surface area contributed by atoms with Crippen LogP contribution in [0, 0.1) is 23.0 Å². The molecule has 19 heavy (non-hydrogen) atoms. The normalized spacial score (nSPS) is 10.1. The van der Waals surface area contributed by atoms with E-state index in [2.05, 4.69) is 21.2 Å². The van der Waals surface area contributed by atoms with Gasteiger partial charge < -0.3 is 5.32 Å². The van der Waals surface area contributed by atoms with E-state index < -0.39 is 11.6 Å². The molecule has 2 aromatic carbocycles. The van der Waals surface area contributed by atoms with Crippen molar-refractivity contribution in [2.75, 3.05) is 5.32 Å². The predicted molar refractivity (Wildman–Crippen MR) is 73.5 cm³/mol. The molecule has 1 N–H and O–H groups in total. The fourth-order valence-corrected chi connectivity index (χ4v) is 1.99. The van der Waals surface area contributed by atoms with E-state index in [0.29, 0.717) is 11.3 Å². The molecular weight excluding hydrogens is 338 g/mol. The lowest BCUT2D eigenvalue weighted by Crippen LogP contribution is -1.96. The van der Waals surface area contributed by atoms with E-state index in [4.69, 9.17) is 16.9 Å². The van der Waals surface area contributed by atoms with Crippen molar-refractivity contribution in [1.29, 1.82) is 5.26 Å². The van der Waals surface area contributed by atoms with Crippen molar-refractivity contribution in [3.63, 3.8) is 0 Å². The minimum absolute atomic E-state index is 0.0349. The molecule has 0 aliphatic carbocycles. The lowest BCUT2D eigenvalue weighted by atomic mass is 10.2. The summed E-state index contributed by atoms with van der Waals surface area (Å²) >= 11 is 8.84. The van der Waals surface area contributed by atoms with E-state index >= 15 is 0 Å². The van der Waals surface area contributed by atoms with Crippen molar-refractivity contribution in [2.45, 2.75) is 0 Å². The molecule has 0 amide bonds. The van der Waals surface area contributed by atoms with Crippen LogP contribution in [0.1, 0.15) is 5.56 Å². The molecule has 6 heteroatoms. The Morgan fingerprint density at radius 3 is 2.47 bits per heavy atom. The summed E-state index contributed by atoms with van der Waals surface area (Å²) in [7, 11) is 0. The summed E-state index contributed by atoms with van der Waals surface area (Å²) in [5.74, 6) is -1.21. The van der Waals surface area contributed by atoms with Crippen LogP contribution in [0.2, 0.25) is 5.02 Å². The van der Waals surface area contributed by atoms with Crippen LogP contribution < -0.4 is 5.32 Å².